The molecule has 98 valence electrons. The molecular weight excluding hydrogens is 234 g/mol. The Kier molecular flexibility index (Phi) is 7.15. The van der Waals surface area contributed by atoms with Crippen LogP contribution < -0.4 is 0 Å². The molecule has 0 amide bonds. The number of aliphatic carboxylic acids is 1. The third-order valence-electron chi connectivity index (χ3n) is 1.64. The predicted octanol–water partition coefficient (Wildman–Crippen LogP) is 0.821. The Balaban J connectivity index is 3.74. The van der Waals surface area contributed by atoms with E-state index in [4.69, 9.17) is 5.11 Å². The van der Waals surface area contributed by atoms with Gasteiger partial charge in [0.25, 0.3) is 6.79 Å². The maximum Gasteiger partial charge on any atom is 0.511 e. The van der Waals surface area contributed by atoms with Gasteiger partial charge in [0.15, 0.2) is 0 Å². The quantitative estimate of drug-likeness (QED) is 0.234. The zero-order valence-corrected chi connectivity index (χ0v) is 9.82. The number of rotatable bonds is 7. The van der Waals surface area contributed by atoms with E-state index in [1.54, 1.807) is 6.92 Å². The number of carbonyl (C=O) groups is 2. The van der Waals surface area contributed by atoms with Crippen LogP contribution in [-0.4, -0.2) is 48.7 Å². The number of carbonyl (C=O) groups excluding carboxylic acids is 1. The maximum atomic E-state index is 10.7. The second kappa shape index (κ2) is 8.13. The van der Waals surface area contributed by atoms with Gasteiger partial charge in [-0.1, -0.05) is 0 Å². The van der Waals surface area contributed by atoms with Gasteiger partial charge in [0.05, 0.1) is 6.61 Å². The molecule has 0 aromatic heterocycles. The van der Waals surface area contributed by atoms with Crippen LogP contribution in [0.25, 0.3) is 0 Å². The predicted molar refractivity (Wildman–Crippen MR) is 53.8 cm³/mol. The fourth-order valence-corrected chi connectivity index (χ4v) is 0.578. The highest BCUT2D eigenvalue weighted by Gasteiger charge is 2.15. The molecule has 0 rings (SSSR count). The molecule has 0 heterocycles. The van der Waals surface area contributed by atoms with E-state index in [9.17, 15) is 9.59 Å². The molecule has 0 fully saturated rings. The van der Waals surface area contributed by atoms with Gasteiger partial charge in [-0.15, -0.1) is 0 Å². The molecule has 0 aliphatic rings. The van der Waals surface area contributed by atoms with Gasteiger partial charge in [-0.05, 0) is 19.1 Å². The van der Waals surface area contributed by atoms with Crippen LogP contribution in [0.4, 0.5) is 4.79 Å². The van der Waals surface area contributed by atoms with E-state index < -0.39 is 25.0 Å². The first-order chi connectivity index (χ1) is 7.99. The van der Waals surface area contributed by atoms with Crippen LogP contribution in [0.3, 0.4) is 0 Å². The molecule has 0 spiro atoms. The third-order valence-corrected chi connectivity index (χ3v) is 1.64. The second-order valence-electron chi connectivity index (χ2n) is 2.83. The molecule has 0 unspecified atom stereocenters. The summed E-state index contributed by atoms with van der Waals surface area (Å²) in [5, 5.41) is 16.3. The summed E-state index contributed by atoms with van der Waals surface area (Å²) < 4.78 is 8.84. The van der Waals surface area contributed by atoms with Gasteiger partial charge >= 0.3 is 12.1 Å². The average Bonchev–Trinajstić information content (AvgIpc) is 2.27. The summed E-state index contributed by atoms with van der Waals surface area (Å²) in [6, 6.07) is -0.840. The number of ether oxygens (including phenoxy) is 2. The molecule has 0 aliphatic carbocycles. The Morgan fingerprint density at radius 2 is 2.06 bits per heavy atom. The molecule has 0 aliphatic heterocycles. The van der Waals surface area contributed by atoms with Gasteiger partial charge < -0.3 is 19.4 Å². The van der Waals surface area contributed by atoms with Gasteiger partial charge in [-0.2, -0.15) is 0 Å². The summed E-state index contributed by atoms with van der Waals surface area (Å²) in [6.07, 6.45) is -0.880. The zero-order chi connectivity index (χ0) is 13.3. The van der Waals surface area contributed by atoms with Crippen molar-refractivity contribution >= 4 is 12.1 Å². The van der Waals surface area contributed by atoms with E-state index in [-0.39, 0.29) is 6.61 Å². The lowest BCUT2D eigenvalue weighted by atomic mass is 10.3. The standard InChI is InChI=1S/C8H15N3O6/c1-4-15-8(14)16-5-17-10-9-11(3)6(2)7(12)13/h6H,4-5H2,1-3H3,(H,12,13)/b10-9-/t6-/m0/s1. The molecule has 17 heavy (non-hydrogen) atoms. The normalized spacial score (nSPS) is 11.9. The Morgan fingerprint density at radius 1 is 1.41 bits per heavy atom. The smallest absolute Gasteiger partial charge is 0.480 e. The molecule has 9 nitrogen and oxygen atoms in total. The second-order valence-corrected chi connectivity index (χ2v) is 2.83. The van der Waals surface area contributed by atoms with E-state index in [1.807, 2.05) is 0 Å². The Morgan fingerprint density at radius 3 is 2.59 bits per heavy atom. The number of carboxylic acids is 1. The summed E-state index contributed by atoms with van der Waals surface area (Å²) in [4.78, 5) is 25.6. The van der Waals surface area contributed by atoms with E-state index >= 15 is 0 Å². The van der Waals surface area contributed by atoms with Crippen molar-refractivity contribution in [2.24, 2.45) is 10.5 Å². The lowest BCUT2D eigenvalue weighted by molar-refractivity contribution is -0.142. The summed E-state index contributed by atoms with van der Waals surface area (Å²) in [5.74, 6) is -1.05. The van der Waals surface area contributed by atoms with Crippen LogP contribution in [0, 0.1) is 0 Å². The minimum atomic E-state index is -1.05. The van der Waals surface area contributed by atoms with Gasteiger partial charge in [-0.3, -0.25) is 5.01 Å². The molecule has 9 heteroatoms. The summed E-state index contributed by atoms with van der Waals surface area (Å²) in [7, 11) is 1.41. The highest BCUT2D eigenvalue weighted by molar-refractivity contribution is 5.72. The van der Waals surface area contributed by atoms with Gasteiger partial charge in [0.2, 0.25) is 0 Å². The minimum absolute atomic E-state index is 0.194. The molecule has 0 radical (unpaired) electrons. The van der Waals surface area contributed by atoms with Crippen molar-refractivity contribution < 1.29 is 29.0 Å². The number of carboxylic acid groups (broad SMARTS) is 1. The fourth-order valence-electron chi connectivity index (χ4n) is 0.578. The maximum absolute atomic E-state index is 10.7. The summed E-state index contributed by atoms with van der Waals surface area (Å²) in [5.41, 5.74) is 0. The first-order valence-electron chi connectivity index (χ1n) is 4.77. The summed E-state index contributed by atoms with van der Waals surface area (Å²) >= 11 is 0. The fraction of sp³-hybridized carbons (Fsp3) is 0.750. The van der Waals surface area contributed by atoms with Crippen molar-refractivity contribution in [1.82, 2.24) is 5.01 Å². The SMILES string of the molecule is CCOC(=O)OCO/N=N\N(C)[C@@H](C)C(=O)O. The highest BCUT2D eigenvalue weighted by atomic mass is 16.8. The molecule has 1 N–H and O–H groups in total. The van der Waals surface area contributed by atoms with Crippen molar-refractivity contribution in [3.05, 3.63) is 0 Å². The molecular formula is C8H15N3O6. The van der Waals surface area contributed by atoms with Crippen molar-refractivity contribution in [3.8, 4) is 0 Å². The summed E-state index contributed by atoms with van der Waals surface area (Å²) in [6.45, 7) is 2.79. The van der Waals surface area contributed by atoms with E-state index in [2.05, 4.69) is 24.8 Å². The molecule has 0 aromatic rings. The number of hydrogen-bond acceptors (Lipinski definition) is 7. The Bertz CT molecular complexity index is 282. The van der Waals surface area contributed by atoms with Crippen molar-refractivity contribution in [2.45, 2.75) is 19.9 Å². The van der Waals surface area contributed by atoms with Crippen molar-refractivity contribution in [3.63, 3.8) is 0 Å². The van der Waals surface area contributed by atoms with E-state index in [0.29, 0.717) is 0 Å². The zero-order valence-electron chi connectivity index (χ0n) is 9.82. The minimum Gasteiger partial charge on any atom is -0.480 e. The average molecular weight is 249 g/mol. The lowest BCUT2D eigenvalue weighted by Crippen LogP contribution is -2.31. The largest absolute Gasteiger partial charge is 0.511 e. The van der Waals surface area contributed by atoms with Gasteiger partial charge in [0.1, 0.15) is 6.04 Å². The van der Waals surface area contributed by atoms with Gasteiger partial charge in [0, 0.05) is 12.3 Å². The molecule has 0 saturated heterocycles. The monoisotopic (exact) mass is 249 g/mol. The van der Waals surface area contributed by atoms with Gasteiger partial charge in [-0.25, -0.2) is 9.59 Å². The highest BCUT2D eigenvalue weighted by Crippen LogP contribution is 1.97. The Hall–Kier alpha value is -2.06. The third kappa shape index (κ3) is 6.93. The van der Waals surface area contributed by atoms with Crippen LogP contribution in [-0.2, 0) is 19.1 Å². The van der Waals surface area contributed by atoms with Crippen LogP contribution in [0.5, 0.6) is 0 Å². The first-order valence-corrected chi connectivity index (χ1v) is 4.77. The molecule has 0 bridgehead atoms. The number of likely N-dealkylation sites (N-methyl/N-ethyl adjacent to an activating group) is 1. The topological polar surface area (TPSA) is 110 Å². The van der Waals surface area contributed by atoms with Crippen LogP contribution in [0.2, 0.25) is 0 Å². The van der Waals surface area contributed by atoms with E-state index in [0.717, 1.165) is 5.01 Å². The van der Waals surface area contributed by atoms with Crippen LogP contribution >= 0.6 is 0 Å². The number of nitrogens with zero attached hydrogens (tertiary/aromatic N) is 3. The van der Waals surface area contributed by atoms with Crippen molar-refractivity contribution in [1.29, 1.82) is 0 Å². The Labute approximate surface area is 97.9 Å². The van der Waals surface area contributed by atoms with Crippen LogP contribution in [0.15, 0.2) is 10.5 Å². The first kappa shape index (κ1) is 14.9. The number of hydrogen-bond donors (Lipinski definition) is 1. The molecule has 0 saturated carbocycles. The lowest BCUT2D eigenvalue weighted by Gasteiger charge is -2.14. The van der Waals surface area contributed by atoms with Crippen LogP contribution in [0.1, 0.15) is 13.8 Å². The van der Waals surface area contributed by atoms with Crippen molar-refractivity contribution in [2.75, 3.05) is 20.4 Å². The van der Waals surface area contributed by atoms with E-state index in [1.165, 1.54) is 14.0 Å². The molecule has 0 aromatic carbocycles. The molecule has 1 atom stereocenters.